The first kappa shape index (κ1) is 25.8. The number of carbonyl (C=O) groups is 1. The molecule has 8 nitrogen and oxygen atoms in total. The zero-order chi connectivity index (χ0) is 25.3. The Kier molecular flexibility index (Phi) is 8.86. The van der Waals surface area contributed by atoms with Crippen LogP contribution < -0.4 is 19.2 Å². The number of methoxy groups -OCH3 is 2. The van der Waals surface area contributed by atoms with Gasteiger partial charge >= 0.3 is 0 Å². The molecule has 184 valence electrons. The predicted molar refractivity (Wildman–Crippen MR) is 137 cm³/mol. The van der Waals surface area contributed by atoms with E-state index >= 15 is 0 Å². The molecule has 0 bridgehead atoms. The van der Waals surface area contributed by atoms with Gasteiger partial charge in [-0.1, -0.05) is 48.5 Å². The summed E-state index contributed by atoms with van der Waals surface area (Å²) >= 11 is 0. The number of hydrogen-bond acceptors (Lipinski definition) is 6. The first-order valence-electron chi connectivity index (χ1n) is 11.0. The van der Waals surface area contributed by atoms with Crippen LogP contribution in [0, 0.1) is 0 Å². The van der Waals surface area contributed by atoms with Gasteiger partial charge in [0.15, 0.2) is 0 Å². The minimum Gasteiger partial charge on any atom is -0.497 e. The summed E-state index contributed by atoms with van der Waals surface area (Å²) in [7, 11) is -1.20. The lowest BCUT2D eigenvalue weighted by Crippen LogP contribution is -2.40. The van der Waals surface area contributed by atoms with E-state index in [-0.39, 0.29) is 16.3 Å². The molecule has 3 aromatic rings. The van der Waals surface area contributed by atoms with Gasteiger partial charge in [0.1, 0.15) is 18.0 Å². The van der Waals surface area contributed by atoms with Gasteiger partial charge in [-0.25, -0.2) is 13.8 Å². The molecule has 0 heterocycles. The van der Waals surface area contributed by atoms with Crippen LogP contribution in [-0.4, -0.2) is 40.8 Å². The van der Waals surface area contributed by atoms with Crippen LogP contribution in [0.25, 0.3) is 0 Å². The highest BCUT2D eigenvalue weighted by Crippen LogP contribution is 2.35. The second kappa shape index (κ2) is 12.0. The fraction of sp³-hybridized carbons (Fsp3) is 0.231. The minimum absolute atomic E-state index is 0.0419. The van der Waals surface area contributed by atoms with Crippen LogP contribution in [0.15, 0.2) is 88.9 Å². The molecule has 0 aliphatic heterocycles. The van der Waals surface area contributed by atoms with Crippen molar-refractivity contribution in [3.63, 3.8) is 0 Å². The summed E-state index contributed by atoms with van der Waals surface area (Å²) in [5.74, 6) is 0.110. The summed E-state index contributed by atoms with van der Waals surface area (Å²) < 4.78 is 38.7. The molecule has 0 atom stereocenters. The van der Waals surface area contributed by atoms with E-state index in [2.05, 4.69) is 10.5 Å². The molecule has 0 spiro atoms. The number of nitrogens with one attached hydrogen (secondary N) is 1. The van der Waals surface area contributed by atoms with E-state index < -0.39 is 22.5 Å². The van der Waals surface area contributed by atoms with Crippen LogP contribution in [0.1, 0.15) is 18.9 Å². The Morgan fingerprint density at radius 3 is 2.23 bits per heavy atom. The molecule has 0 saturated carbocycles. The maximum Gasteiger partial charge on any atom is 0.264 e. The molecule has 0 aromatic heterocycles. The van der Waals surface area contributed by atoms with Crippen LogP contribution in [0.3, 0.4) is 0 Å². The maximum absolute atomic E-state index is 13.5. The minimum atomic E-state index is -4.10. The molecular weight excluding hydrogens is 466 g/mol. The third kappa shape index (κ3) is 6.83. The summed E-state index contributed by atoms with van der Waals surface area (Å²) in [4.78, 5) is 12.9. The van der Waals surface area contributed by atoms with Crippen molar-refractivity contribution in [1.29, 1.82) is 0 Å². The summed E-state index contributed by atoms with van der Waals surface area (Å²) in [5.41, 5.74) is 4.54. The summed E-state index contributed by atoms with van der Waals surface area (Å²) in [6, 6.07) is 22.6. The van der Waals surface area contributed by atoms with E-state index in [1.165, 1.54) is 38.0 Å². The monoisotopic (exact) mass is 495 g/mol. The normalized spacial score (nSPS) is 11.6. The molecule has 3 aromatic carbocycles. The highest BCUT2D eigenvalue weighted by atomic mass is 32.2. The molecule has 0 saturated heterocycles. The number of hydrogen-bond donors (Lipinski definition) is 1. The molecule has 0 fully saturated rings. The van der Waals surface area contributed by atoms with Gasteiger partial charge in [-0.05, 0) is 49.6 Å². The van der Waals surface area contributed by atoms with Crippen molar-refractivity contribution in [2.24, 2.45) is 5.10 Å². The highest BCUT2D eigenvalue weighted by molar-refractivity contribution is 7.92. The van der Waals surface area contributed by atoms with E-state index in [1.54, 1.807) is 30.3 Å². The van der Waals surface area contributed by atoms with Gasteiger partial charge in [-0.3, -0.25) is 9.10 Å². The van der Waals surface area contributed by atoms with Gasteiger partial charge < -0.3 is 9.47 Å². The maximum atomic E-state index is 13.5. The number of hydrazone groups is 1. The Balaban J connectivity index is 1.84. The number of sulfonamides is 1. The zero-order valence-corrected chi connectivity index (χ0v) is 20.8. The Morgan fingerprint density at radius 1 is 0.943 bits per heavy atom. The van der Waals surface area contributed by atoms with E-state index in [0.29, 0.717) is 12.2 Å². The van der Waals surface area contributed by atoms with E-state index in [9.17, 15) is 13.2 Å². The van der Waals surface area contributed by atoms with Crippen molar-refractivity contribution < 1.29 is 22.7 Å². The molecule has 0 radical (unpaired) electrons. The number of rotatable bonds is 11. The number of benzene rings is 3. The van der Waals surface area contributed by atoms with Crippen molar-refractivity contribution in [3.05, 3.63) is 84.4 Å². The SMILES string of the molecule is COc1ccc(OC)c(N(CC(=O)N/N=C(/C)CCc2ccccc2)S(=O)(=O)c2ccccc2)c1. The molecule has 0 unspecified atom stereocenters. The molecule has 9 heteroatoms. The Labute approximate surface area is 206 Å². The fourth-order valence-corrected chi connectivity index (χ4v) is 4.80. The van der Waals surface area contributed by atoms with Crippen LogP contribution in [-0.2, 0) is 21.2 Å². The van der Waals surface area contributed by atoms with E-state index in [1.807, 2.05) is 37.3 Å². The Hall–Kier alpha value is -3.85. The topological polar surface area (TPSA) is 97.3 Å². The molecule has 1 N–H and O–H groups in total. The van der Waals surface area contributed by atoms with Crippen molar-refractivity contribution >= 4 is 27.3 Å². The molecule has 0 aliphatic carbocycles. The molecule has 35 heavy (non-hydrogen) atoms. The summed E-state index contributed by atoms with van der Waals surface area (Å²) in [6.45, 7) is 1.31. The fourth-order valence-electron chi connectivity index (χ4n) is 3.36. The molecule has 0 aliphatic rings. The second-order valence-corrected chi connectivity index (χ2v) is 9.59. The largest absolute Gasteiger partial charge is 0.497 e. The smallest absolute Gasteiger partial charge is 0.264 e. The summed E-state index contributed by atoms with van der Waals surface area (Å²) in [6.07, 6.45) is 1.43. The van der Waals surface area contributed by atoms with Crippen LogP contribution in [0.2, 0.25) is 0 Å². The van der Waals surface area contributed by atoms with Crippen LogP contribution >= 0.6 is 0 Å². The van der Waals surface area contributed by atoms with Gasteiger partial charge in [-0.15, -0.1) is 0 Å². The number of ether oxygens (including phenoxy) is 2. The van der Waals surface area contributed by atoms with Crippen molar-refractivity contribution in [1.82, 2.24) is 5.43 Å². The lowest BCUT2D eigenvalue weighted by Gasteiger charge is -2.25. The lowest BCUT2D eigenvalue weighted by molar-refractivity contribution is -0.119. The summed E-state index contributed by atoms with van der Waals surface area (Å²) in [5, 5.41) is 4.16. The molecule has 3 rings (SSSR count). The predicted octanol–water partition coefficient (Wildman–Crippen LogP) is 4.02. The van der Waals surface area contributed by atoms with Gasteiger partial charge in [0.25, 0.3) is 15.9 Å². The lowest BCUT2D eigenvalue weighted by atomic mass is 10.1. The average Bonchev–Trinajstić information content (AvgIpc) is 2.90. The van der Waals surface area contributed by atoms with Crippen molar-refractivity contribution in [2.45, 2.75) is 24.7 Å². The van der Waals surface area contributed by atoms with Gasteiger partial charge in [0.05, 0.1) is 24.8 Å². The van der Waals surface area contributed by atoms with Crippen molar-refractivity contribution in [2.75, 3.05) is 25.1 Å². The van der Waals surface area contributed by atoms with E-state index in [0.717, 1.165) is 16.4 Å². The first-order chi connectivity index (χ1) is 16.8. The van der Waals surface area contributed by atoms with Crippen LogP contribution in [0.5, 0.6) is 11.5 Å². The molecule has 1 amide bonds. The molecular formula is C26H29N3O5S. The van der Waals surface area contributed by atoms with Gasteiger partial charge in [-0.2, -0.15) is 5.10 Å². The standard InChI is InChI=1S/C26H29N3O5S/c1-20(14-15-21-10-6-4-7-11-21)27-28-26(30)19-29(35(31,32)23-12-8-5-9-13-23)24-18-22(33-2)16-17-25(24)34-3/h4-13,16-18H,14-15,19H2,1-3H3,(H,28,30)/b27-20-. The zero-order valence-electron chi connectivity index (χ0n) is 20.0. The number of anilines is 1. The first-order valence-corrected chi connectivity index (χ1v) is 12.4. The number of aryl methyl sites for hydroxylation is 1. The van der Waals surface area contributed by atoms with E-state index in [4.69, 9.17) is 9.47 Å². The van der Waals surface area contributed by atoms with Gasteiger partial charge in [0, 0.05) is 11.8 Å². The number of amides is 1. The number of nitrogens with zero attached hydrogens (tertiary/aromatic N) is 2. The third-order valence-corrected chi connectivity index (χ3v) is 7.04. The highest BCUT2D eigenvalue weighted by Gasteiger charge is 2.29. The Morgan fingerprint density at radius 2 is 1.60 bits per heavy atom. The average molecular weight is 496 g/mol. The van der Waals surface area contributed by atoms with Crippen LogP contribution in [0.4, 0.5) is 5.69 Å². The van der Waals surface area contributed by atoms with Crippen molar-refractivity contribution in [3.8, 4) is 11.5 Å². The van der Waals surface area contributed by atoms with Gasteiger partial charge in [0.2, 0.25) is 0 Å². The second-order valence-electron chi connectivity index (χ2n) is 7.73. The third-order valence-electron chi connectivity index (χ3n) is 5.26. The quantitative estimate of drug-likeness (QED) is 0.320. The Bertz CT molecular complexity index is 1260. The number of carbonyl (C=O) groups excluding carboxylic acids is 1.